The molecular formula is C16H13IN2O2. The zero-order chi connectivity index (χ0) is 14.8. The molecule has 1 aromatic heterocycles. The van der Waals surface area contributed by atoms with Gasteiger partial charge in [-0.3, -0.25) is 0 Å². The first kappa shape index (κ1) is 14.1. The molecule has 0 saturated heterocycles. The van der Waals surface area contributed by atoms with E-state index in [-0.39, 0.29) is 5.75 Å². The van der Waals surface area contributed by atoms with Gasteiger partial charge >= 0.3 is 0 Å². The first-order valence-electron chi connectivity index (χ1n) is 6.49. The lowest BCUT2D eigenvalue weighted by atomic mass is 10.1. The van der Waals surface area contributed by atoms with Gasteiger partial charge in [-0.25, -0.2) is 0 Å². The maximum atomic E-state index is 9.90. The van der Waals surface area contributed by atoms with Crippen LogP contribution in [-0.2, 0) is 6.42 Å². The summed E-state index contributed by atoms with van der Waals surface area (Å²) in [6.07, 6.45) is 0.612. The van der Waals surface area contributed by atoms with E-state index >= 15 is 0 Å². The second-order valence-corrected chi connectivity index (χ2v) is 6.03. The third-order valence-electron chi connectivity index (χ3n) is 3.27. The Morgan fingerprint density at radius 2 is 2.00 bits per heavy atom. The summed E-state index contributed by atoms with van der Waals surface area (Å²) in [5, 5.41) is 13.9. The number of aryl methyl sites for hydroxylation is 1. The third-order valence-corrected chi connectivity index (χ3v) is 3.94. The predicted molar refractivity (Wildman–Crippen MR) is 88.1 cm³/mol. The van der Waals surface area contributed by atoms with Crippen LogP contribution in [0.2, 0.25) is 0 Å². The maximum absolute atomic E-state index is 9.90. The molecule has 0 saturated carbocycles. The van der Waals surface area contributed by atoms with Crippen LogP contribution in [0.5, 0.6) is 5.75 Å². The van der Waals surface area contributed by atoms with Gasteiger partial charge < -0.3 is 9.63 Å². The molecule has 3 aromatic rings. The molecule has 0 unspecified atom stereocenters. The number of hydrogen-bond acceptors (Lipinski definition) is 4. The summed E-state index contributed by atoms with van der Waals surface area (Å²) in [5.74, 6) is 1.09. The number of phenolic OH excluding ortho intramolecular Hbond substituents is 1. The molecule has 0 radical (unpaired) electrons. The number of halogens is 1. The molecule has 1 N–H and O–H groups in total. The largest absolute Gasteiger partial charge is 0.507 e. The van der Waals surface area contributed by atoms with Gasteiger partial charge in [0.05, 0.1) is 5.56 Å². The second kappa shape index (κ2) is 5.85. The minimum atomic E-state index is 0.140. The molecule has 106 valence electrons. The van der Waals surface area contributed by atoms with Gasteiger partial charge in [0.25, 0.3) is 5.89 Å². The molecule has 0 spiro atoms. The van der Waals surface area contributed by atoms with E-state index < -0.39 is 0 Å². The van der Waals surface area contributed by atoms with E-state index in [2.05, 4.69) is 45.7 Å². The molecule has 5 heteroatoms. The number of aromatic hydroxyl groups is 1. The molecule has 0 aliphatic carbocycles. The highest BCUT2D eigenvalue weighted by Crippen LogP contribution is 2.29. The van der Waals surface area contributed by atoms with Gasteiger partial charge in [-0.15, -0.1) is 0 Å². The average molecular weight is 392 g/mol. The van der Waals surface area contributed by atoms with Crippen molar-refractivity contribution in [1.29, 1.82) is 0 Å². The summed E-state index contributed by atoms with van der Waals surface area (Å²) in [7, 11) is 0. The van der Waals surface area contributed by atoms with Gasteiger partial charge in [-0.05, 0) is 58.8 Å². The van der Waals surface area contributed by atoms with Crippen molar-refractivity contribution in [1.82, 2.24) is 10.1 Å². The number of rotatable bonds is 3. The predicted octanol–water partition coefficient (Wildman–Crippen LogP) is 3.95. The smallest absolute Gasteiger partial charge is 0.261 e. The van der Waals surface area contributed by atoms with Crippen LogP contribution in [0.25, 0.3) is 11.5 Å². The van der Waals surface area contributed by atoms with Gasteiger partial charge in [-0.2, -0.15) is 4.98 Å². The minimum Gasteiger partial charge on any atom is -0.507 e. The average Bonchev–Trinajstić information content (AvgIpc) is 2.92. The fourth-order valence-corrected chi connectivity index (χ4v) is 2.58. The summed E-state index contributed by atoms with van der Waals surface area (Å²) >= 11 is 2.18. The zero-order valence-electron chi connectivity index (χ0n) is 11.4. The summed E-state index contributed by atoms with van der Waals surface area (Å²) in [4.78, 5) is 4.38. The fourth-order valence-electron chi connectivity index (χ4n) is 2.09. The van der Waals surface area contributed by atoms with Crippen LogP contribution < -0.4 is 0 Å². The van der Waals surface area contributed by atoms with Crippen molar-refractivity contribution >= 4 is 22.6 Å². The van der Waals surface area contributed by atoms with E-state index in [0.29, 0.717) is 23.7 Å². The lowest BCUT2D eigenvalue weighted by molar-refractivity contribution is 0.418. The molecule has 0 fully saturated rings. The van der Waals surface area contributed by atoms with E-state index in [1.165, 1.54) is 5.56 Å². The number of phenols is 1. The molecule has 2 aromatic carbocycles. The second-order valence-electron chi connectivity index (χ2n) is 4.78. The van der Waals surface area contributed by atoms with Crippen molar-refractivity contribution in [3.8, 4) is 17.2 Å². The van der Waals surface area contributed by atoms with Crippen LogP contribution >= 0.6 is 22.6 Å². The zero-order valence-corrected chi connectivity index (χ0v) is 13.5. The highest BCUT2D eigenvalue weighted by molar-refractivity contribution is 14.1. The SMILES string of the molecule is Cc1ccccc1Cc1noc(-c2cc(I)ccc2O)n1. The summed E-state index contributed by atoms with van der Waals surface area (Å²) in [5.41, 5.74) is 2.92. The Morgan fingerprint density at radius 3 is 2.81 bits per heavy atom. The normalized spacial score (nSPS) is 10.8. The van der Waals surface area contributed by atoms with Crippen molar-refractivity contribution < 1.29 is 9.63 Å². The van der Waals surface area contributed by atoms with Crippen LogP contribution in [-0.4, -0.2) is 15.2 Å². The number of nitrogens with zero attached hydrogens (tertiary/aromatic N) is 2. The Labute approximate surface area is 136 Å². The Balaban J connectivity index is 1.90. The maximum Gasteiger partial charge on any atom is 0.261 e. The highest BCUT2D eigenvalue weighted by Gasteiger charge is 2.14. The van der Waals surface area contributed by atoms with Crippen molar-refractivity contribution in [3.63, 3.8) is 0 Å². The molecule has 3 rings (SSSR count). The van der Waals surface area contributed by atoms with Crippen LogP contribution in [0.1, 0.15) is 17.0 Å². The van der Waals surface area contributed by atoms with E-state index in [9.17, 15) is 5.11 Å². The quantitative estimate of drug-likeness (QED) is 0.686. The van der Waals surface area contributed by atoms with Crippen molar-refractivity contribution in [2.75, 3.05) is 0 Å². The van der Waals surface area contributed by atoms with Gasteiger partial charge in [0.2, 0.25) is 0 Å². The Kier molecular flexibility index (Phi) is 3.92. The van der Waals surface area contributed by atoms with Gasteiger partial charge in [0, 0.05) is 9.99 Å². The molecule has 0 amide bonds. The van der Waals surface area contributed by atoms with Crippen LogP contribution in [0.4, 0.5) is 0 Å². The molecule has 1 heterocycles. The minimum absolute atomic E-state index is 0.140. The summed E-state index contributed by atoms with van der Waals surface area (Å²) < 4.78 is 6.27. The Morgan fingerprint density at radius 1 is 1.19 bits per heavy atom. The Hall–Kier alpha value is -1.89. The first-order chi connectivity index (χ1) is 10.1. The molecule has 4 nitrogen and oxygen atoms in total. The monoisotopic (exact) mass is 392 g/mol. The topological polar surface area (TPSA) is 59.2 Å². The van der Waals surface area contributed by atoms with E-state index in [4.69, 9.17) is 4.52 Å². The van der Waals surface area contributed by atoms with Crippen molar-refractivity contribution in [3.05, 3.63) is 63.0 Å². The van der Waals surface area contributed by atoms with Crippen LogP contribution in [0.3, 0.4) is 0 Å². The molecular weight excluding hydrogens is 379 g/mol. The van der Waals surface area contributed by atoms with Crippen molar-refractivity contribution in [2.24, 2.45) is 0 Å². The lowest BCUT2D eigenvalue weighted by Crippen LogP contribution is -1.93. The highest BCUT2D eigenvalue weighted by atomic mass is 127. The standard InChI is InChI=1S/C16H13IN2O2/c1-10-4-2-3-5-11(10)8-15-18-16(21-19-15)13-9-12(17)6-7-14(13)20/h2-7,9,20H,8H2,1H3. The molecule has 0 bridgehead atoms. The summed E-state index contributed by atoms with van der Waals surface area (Å²) in [6, 6.07) is 13.4. The van der Waals surface area contributed by atoms with E-state index in [1.807, 2.05) is 30.3 Å². The van der Waals surface area contributed by atoms with Crippen LogP contribution in [0.15, 0.2) is 47.0 Å². The van der Waals surface area contributed by atoms with E-state index in [1.54, 1.807) is 6.07 Å². The first-order valence-corrected chi connectivity index (χ1v) is 7.57. The molecule has 21 heavy (non-hydrogen) atoms. The number of aromatic nitrogens is 2. The molecule has 0 atom stereocenters. The Bertz CT molecular complexity index is 783. The van der Waals surface area contributed by atoms with E-state index in [0.717, 1.165) is 9.13 Å². The number of benzene rings is 2. The van der Waals surface area contributed by atoms with Gasteiger partial charge in [0.15, 0.2) is 5.82 Å². The number of hydrogen-bond donors (Lipinski definition) is 1. The lowest BCUT2D eigenvalue weighted by Gasteiger charge is -2.01. The van der Waals surface area contributed by atoms with Gasteiger partial charge in [0.1, 0.15) is 5.75 Å². The summed E-state index contributed by atoms with van der Waals surface area (Å²) in [6.45, 7) is 2.06. The van der Waals surface area contributed by atoms with Gasteiger partial charge in [-0.1, -0.05) is 29.4 Å². The van der Waals surface area contributed by atoms with Crippen LogP contribution in [0, 0.1) is 10.5 Å². The third kappa shape index (κ3) is 3.07. The molecule has 0 aliphatic heterocycles. The fraction of sp³-hybridized carbons (Fsp3) is 0.125. The molecule has 0 aliphatic rings. The van der Waals surface area contributed by atoms with Crippen molar-refractivity contribution in [2.45, 2.75) is 13.3 Å².